The molecular weight excluding hydrogens is 276 g/mol. The van der Waals surface area contributed by atoms with E-state index in [1.807, 2.05) is 38.1 Å². The van der Waals surface area contributed by atoms with Crippen molar-refractivity contribution in [3.05, 3.63) is 46.4 Å². The molecule has 1 aromatic heterocycles. The van der Waals surface area contributed by atoms with Crippen molar-refractivity contribution >= 4 is 37.9 Å². The average molecular weight is 291 g/mol. The van der Waals surface area contributed by atoms with Crippen molar-refractivity contribution in [1.82, 2.24) is 0 Å². The van der Waals surface area contributed by atoms with Crippen LogP contribution in [0.2, 0.25) is 0 Å². The van der Waals surface area contributed by atoms with Crippen molar-refractivity contribution in [2.45, 2.75) is 20.8 Å². The van der Waals surface area contributed by atoms with Crippen molar-refractivity contribution in [1.29, 1.82) is 0 Å². The molecule has 88 valence electrons. The molecule has 3 rings (SSSR count). The van der Waals surface area contributed by atoms with Crippen LogP contribution in [0.3, 0.4) is 0 Å². The second kappa shape index (κ2) is 4.92. The van der Waals surface area contributed by atoms with Gasteiger partial charge in [0, 0.05) is 10.8 Å². The molecule has 0 aliphatic heterocycles. The van der Waals surface area contributed by atoms with Gasteiger partial charge in [-0.05, 0) is 40.5 Å². The Hall–Kier alpha value is -1.28. The number of rotatable bonds is 0. The van der Waals surface area contributed by atoms with Crippen LogP contribution in [0.1, 0.15) is 19.4 Å². The second-order valence-corrected chi connectivity index (χ2v) is 4.52. The third-order valence-electron chi connectivity index (χ3n) is 2.69. The number of hydrogen-bond donors (Lipinski definition) is 0. The summed E-state index contributed by atoms with van der Waals surface area (Å²) in [5, 5.41) is 2.39. The van der Waals surface area contributed by atoms with E-state index in [-0.39, 0.29) is 0 Å². The molecule has 2 aromatic carbocycles. The minimum absolute atomic E-state index is 0.941. The second-order valence-electron chi connectivity index (χ2n) is 3.67. The molecule has 0 spiro atoms. The van der Waals surface area contributed by atoms with Gasteiger partial charge in [0.1, 0.15) is 11.2 Å². The van der Waals surface area contributed by atoms with Gasteiger partial charge in [-0.2, -0.15) is 0 Å². The molecular formula is C15H15BrO. The Labute approximate surface area is 110 Å². The van der Waals surface area contributed by atoms with E-state index in [4.69, 9.17) is 4.42 Å². The highest BCUT2D eigenvalue weighted by Gasteiger charge is 2.10. The number of fused-ring (bicyclic) bond motifs is 3. The van der Waals surface area contributed by atoms with E-state index in [1.54, 1.807) is 0 Å². The molecule has 0 N–H and O–H groups in total. The lowest BCUT2D eigenvalue weighted by Gasteiger charge is -1.96. The van der Waals surface area contributed by atoms with Crippen LogP contribution in [0.15, 0.2) is 45.3 Å². The number of furan rings is 1. The highest BCUT2D eigenvalue weighted by Crippen LogP contribution is 2.35. The van der Waals surface area contributed by atoms with Gasteiger partial charge in [0.15, 0.2) is 0 Å². The van der Waals surface area contributed by atoms with Gasteiger partial charge >= 0.3 is 0 Å². The van der Waals surface area contributed by atoms with Gasteiger partial charge in [0.25, 0.3) is 0 Å². The molecule has 3 aromatic rings. The van der Waals surface area contributed by atoms with E-state index in [1.165, 1.54) is 16.3 Å². The Morgan fingerprint density at radius 1 is 1.00 bits per heavy atom. The van der Waals surface area contributed by atoms with Crippen LogP contribution in [0, 0.1) is 6.92 Å². The van der Waals surface area contributed by atoms with Crippen LogP contribution in [0.25, 0.3) is 21.9 Å². The summed E-state index contributed by atoms with van der Waals surface area (Å²) in [5.74, 6) is 0. The van der Waals surface area contributed by atoms with Crippen molar-refractivity contribution < 1.29 is 4.42 Å². The molecule has 0 aliphatic rings. The average Bonchev–Trinajstić information content (AvgIpc) is 2.77. The first-order valence-electron chi connectivity index (χ1n) is 5.84. The number of para-hydroxylation sites is 1. The summed E-state index contributed by atoms with van der Waals surface area (Å²) in [6.45, 7) is 6.11. The topological polar surface area (TPSA) is 13.1 Å². The Morgan fingerprint density at radius 2 is 1.71 bits per heavy atom. The summed E-state index contributed by atoms with van der Waals surface area (Å²) < 4.78 is 6.83. The Morgan fingerprint density at radius 3 is 2.47 bits per heavy atom. The van der Waals surface area contributed by atoms with E-state index in [9.17, 15) is 0 Å². The molecule has 0 saturated heterocycles. The first-order chi connectivity index (χ1) is 8.27. The van der Waals surface area contributed by atoms with E-state index in [2.05, 4.69) is 35.0 Å². The first kappa shape index (κ1) is 12.2. The summed E-state index contributed by atoms with van der Waals surface area (Å²) in [6.07, 6.45) is 0. The minimum atomic E-state index is 0.941. The Balaban J connectivity index is 0.000000514. The van der Waals surface area contributed by atoms with Crippen LogP contribution in [0.4, 0.5) is 0 Å². The fourth-order valence-corrected chi connectivity index (χ4v) is 2.37. The first-order valence-corrected chi connectivity index (χ1v) is 6.63. The third kappa shape index (κ3) is 1.98. The maximum absolute atomic E-state index is 5.82. The Kier molecular flexibility index (Phi) is 3.53. The highest BCUT2D eigenvalue weighted by atomic mass is 79.9. The standard InChI is InChI=1S/C13H9BrO.C2H6/c1-8-6-7-10(14)13-12(8)9-4-2-3-5-11(9)15-13;1-2/h2-7H,1H3;1-2H3. The predicted molar refractivity (Wildman–Crippen MR) is 77.5 cm³/mol. The molecule has 17 heavy (non-hydrogen) atoms. The molecule has 0 saturated carbocycles. The van der Waals surface area contributed by atoms with E-state index >= 15 is 0 Å². The van der Waals surface area contributed by atoms with Gasteiger partial charge in [-0.15, -0.1) is 0 Å². The molecule has 1 heterocycles. The normalized spacial score (nSPS) is 10.4. The molecule has 0 radical (unpaired) electrons. The minimum Gasteiger partial charge on any atom is -0.455 e. The maximum Gasteiger partial charge on any atom is 0.149 e. The highest BCUT2D eigenvalue weighted by molar-refractivity contribution is 9.10. The quantitative estimate of drug-likeness (QED) is 0.519. The zero-order valence-electron chi connectivity index (χ0n) is 10.3. The lowest BCUT2D eigenvalue weighted by molar-refractivity contribution is 0.666. The summed E-state index contributed by atoms with van der Waals surface area (Å²) >= 11 is 3.52. The van der Waals surface area contributed by atoms with E-state index in [0.717, 1.165) is 15.6 Å². The van der Waals surface area contributed by atoms with Crippen molar-refractivity contribution in [2.75, 3.05) is 0 Å². The summed E-state index contributed by atoms with van der Waals surface area (Å²) in [7, 11) is 0. The van der Waals surface area contributed by atoms with Crippen LogP contribution in [-0.2, 0) is 0 Å². The monoisotopic (exact) mass is 290 g/mol. The molecule has 0 fully saturated rings. The fourth-order valence-electron chi connectivity index (χ4n) is 1.96. The summed E-state index contributed by atoms with van der Waals surface area (Å²) in [4.78, 5) is 0. The van der Waals surface area contributed by atoms with Crippen LogP contribution >= 0.6 is 15.9 Å². The fraction of sp³-hybridized carbons (Fsp3) is 0.200. The summed E-state index contributed by atoms with van der Waals surface area (Å²) in [5.41, 5.74) is 3.14. The molecule has 0 aliphatic carbocycles. The van der Waals surface area contributed by atoms with Crippen LogP contribution in [0.5, 0.6) is 0 Å². The number of benzene rings is 2. The van der Waals surface area contributed by atoms with Crippen molar-refractivity contribution in [2.24, 2.45) is 0 Å². The molecule has 0 unspecified atom stereocenters. The van der Waals surface area contributed by atoms with Gasteiger partial charge in [-0.25, -0.2) is 0 Å². The number of hydrogen-bond acceptors (Lipinski definition) is 1. The van der Waals surface area contributed by atoms with Crippen LogP contribution < -0.4 is 0 Å². The summed E-state index contributed by atoms with van der Waals surface area (Å²) in [6, 6.07) is 12.3. The smallest absolute Gasteiger partial charge is 0.149 e. The molecule has 0 amide bonds. The molecule has 1 nitrogen and oxygen atoms in total. The van der Waals surface area contributed by atoms with Gasteiger partial charge in [-0.3, -0.25) is 0 Å². The number of halogens is 1. The SMILES string of the molecule is CC.Cc1ccc(Br)c2oc3ccccc3c12. The molecule has 0 atom stereocenters. The van der Waals surface area contributed by atoms with Gasteiger partial charge < -0.3 is 4.42 Å². The van der Waals surface area contributed by atoms with Crippen molar-refractivity contribution in [3.63, 3.8) is 0 Å². The lowest BCUT2D eigenvalue weighted by Crippen LogP contribution is -1.74. The van der Waals surface area contributed by atoms with E-state index < -0.39 is 0 Å². The van der Waals surface area contributed by atoms with Gasteiger partial charge in [0.2, 0.25) is 0 Å². The maximum atomic E-state index is 5.82. The largest absolute Gasteiger partial charge is 0.455 e. The molecule has 0 bridgehead atoms. The lowest BCUT2D eigenvalue weighted by atomic mass is 10.1. The third-order valence-corrected chi connectivity index (χ3v) is 3.31. The molecule has 2 heteroatoms. The Bertz CT molecular complexity index is 652. The zero-order valence-corrected chi connectivity index (χ0v) is 11.8. The zero-order chi connectivity index (χ0) is 12.4. The van der Waals surface area contributed by atoms with E-state index in [0.29, 0.717) is 0 Å². The van der Waals surface area contributed by atoms with Crippen molar-refractivity contribution in [3.8, 4) is 0 Å². The van der Waals surface area contributed by atoms with Gasteiger partial charge in [-0.1, -0.05) is 38.1 Å². The predicted octanol–water partition coefficient (Wildman–Crippen LogP) is 5.68. The number of aryl methyl sites for hydroxylation is 1. The van der Waals surface area contributed by atoms with Gasteiger partial charge in [0.05, 0.1) is 4.47 Å². The van der Waals surface area contributed by atoms with Crippen LogP contribution in [-0.4, -0.2) is 0 Å².